The standard InChI is InChI=1S/C28H32N4O7/c1-37-24-18-20(19-27(36)39-26(35)11-10-25(33)34)8-9-23(24)38-17-5-4-12-31-13-15-32(16-14-31)28-21-6-2-3-7-22(21)29-30-28/h2-3,6-11,18H,4-5,12-17,19H2,1H3,(H,29,30)(H,33,34)/b11-10+. The molecule has 206 valence electrons. The number of H-pyrrole nitrogens is 1. The van der Waals surface area contributed by atoms with Crippen LogP contribution in [0.1, 0.15) is 18.4 Å². The first-order valence-electron chi connectivity index (χ1n) is 12.8. The molecule has 1 aromatic heterocycles. The van der Waals surface area contributed by atoms with E-state index in [9.17, 15) is 14.4 Å². The van der Waals surface area contributed by atoms with E-state index in [0.29, 0.717) is 35.8 Å². The highest BCUT2D eigenvalue weighted by molar-refractivity contribution is 5.96. The fraction of sp³-hybridized carbons (Fsp3) is 0.357. The fourth-order valence-electron chi connectivity index (χ4n) is 4.42. The number of nitrogens with zero attached hydrogens (tertiary/aromatic N) is 3. The average Bonchev–Trinajstić information content (AvgIpc) is 3.37. The van der Waals surface area contributed by atoms with Gasteiger partial charge in [0.05, 0.1) is 25.7 Å². The Morgan fingerprint density at radius 2 is 1.82 bits per heavy atom. The number of nitrogens with one attached hydrogen (secondary N) is 1. The number of unbranched alkanes of at least 4 members (excludes halogenated alkanes) is 1. The summed E-state index contributed by atoms with van der Waals surface area (Å²) in [5.41, 5.74) is 1.63. The normalized spacial score (nSPS) is 14.0. The molecular formula is C28H32N4O7. The molecule has 0 bridgehead atoms. The number of fused-ring (bicyclic) bond motifs is 1. The van der Waals surface area contributed by atoms with E-state index >= 15 is 0 Å². The first-order chi connectivity index (χ1) is 18.9. The zero-order chi connectivity index (χ0) is 27.6. The summed E-state index contributed by atoms with van der Waals surface area (Å²) in [4.78, 5) is 38.6. The van der Waals surface area contributed by atoms with Gasteiger partial charge in [-0.15, -0.1) is 0 Å². The van der Waals surface area contributed by atoms with Gasteiger partial charge in [0.25, 0.3) is 0 Å². The Kier molecular flexibility index (Phi) is 9.52. The fourth-order valence-corrected chi connectivity index (χ4v) is 4.42. The zero-order valence-electron chi connectivity index (χ0n) is 21.8. The van der Waals surface area contributed by atoms with Crippen LogP contribution in [0.5, 0.6) is 11.5 Å². The van der Waals surface area contributed by atoms with Crippen LogP contribution < -0.4 is 14.4 Å². The van der Waals surface area contributed by atoms with Gasteiger partial charge in [-0.2, -0.15) is 5.10 Å². The lowest BCUT2D eigenvalue weighted by molar-refractivity contribution is -0.155. The molecule has 1 fully saturated rings. The number of anilines is 1. The third kappa shape index (κ3) is 7.81. The van der Waals surface area contributed by atoms with Crippen molar-refractivity contribution < 1.29 is 33.7 Å². The van der Waals surface area contributed by atoms with Crippen LogP contribution in [0.2, 0.25) is 0 Å². The second kappa shape index (κ2) is 13.4. The number of carbonyl (C=O) groups is 3. The van der Waals surface area contributed by atoms with Crippen molar-refractivity contribution in [3.8, 4) is 11.5 Å². The summed E-state index contributed by atoms with van der Waals surface area (Å²) in [6, 6.07) is 13.2. The van der Waals surface area contributed by atoms with Gasteiger partial charge in [0.2, 0.25) is 0 Å². The van der Waals surface area contributed by atoms with Crippen LogP contribution in [-0.2, 0) is 25.5 Å². The molecule has 0 unspecified atom stereocenters. The lowest BCUT2D eigenvalue weighted by Gasteiger charge is -2.35. The summed E-state index contributed by atoms with van der Waals surface area (Å²) in [7, 11) is 1.51. The van der Waals surface area contributed by atoms with E-state index in [-0.39, 0.29) is 6.42 Å². The van der Waals surface area contributed by atoms with Crippen LogP contribution >= 0.6 is 0 Å². The summed E-state index contributed by atoms with van der Waals surface area (Å²) < 4.78 is 15.9. The third-order valence-corrected chi connectivity index (χ3v) is 6.40. The number of carboxylic acids is 1. The van der Waals surface area contributed by atoms with Gasteiger partial charge in [-0.1, -0.05) is 18.2 Å². The van der Waals surface area contributed by atoms with Gasteiger partial charge in [-0.05, 0) is 49.2 Å². The van der Waals surface area contributed by atoms with Crippen LogP contribution in [-0.4, -0.2) is 84.6 Å². The quantitative estimate of drug-likeness (QED) is 0.154. The third-order valence-electron chi connectivity index (χ3n) is 6.40. The molecule has 2 N–H and O–H groups in total. The van der Waals surface area contributed by atoms with E-state index in [2.05, 4.69) is 30.8 Å². The van der Waals surface area contributed by atoms with Gasteiger partial charge in [-0.25, -0.2) is 9.59 Å². The predicted octanol–water partition coefficient (Wildman–Crippen LogP) is 2.81. The number of aromatic nitrogens is 2. The maximum atomic E-state index is 11.9. The van der Waals surface area contributed by atoms with Crippen molar-refractivity contribution in [2.75, 3.05) is 51.3 Å². The number of hydrogen-bond donors (Lipinski definition) is 2. The van der Waals surface area contributed by atoms with E-state index in [0.717, 1.165) is 62.3 Å². The number of methoxy groups -OCH3 is 1. The number of aromatic amines is 1. The smallest absolute Gasteiger partial charge is 0.338 e. The largest absolute Gasteiger partial charge is 0.493 e. The molecule has 3 aromatic rings. The number of aliphatic carboxylic acids is 1. The van der Waals surface area contributed by atoms with Gasteiger partial charge in [-0.3, -0.25) is 14.8 Å². The van der Waals surface area contributed by atoms with Crippen molar-refractivity contribution in [1.29, 1.82) is 0 Å². The second-order valence-corrected chi connectivity index (χ2v) is 9.10. The van der Waals surface area contributed by atoms with E-state index < -0.39 is 17.9 Å². The molecule has 0 saturated carbocycles. The molecule has 4 rings (SSSR count). The van der Waals surface area contributed by atoms with E-state index in [1.54, 1.807) is 18.2 Å². The number of piperazine rings is 1. The molecule has 0 atom stereocenters. The molecule has 1 saturated heterocycles. The van der Waals surface area contributed by atoms with Crippen LogP contribution in [0, 0.1) is 0 Å². The van der Waals surface area contributed by atoms with Crippen LogP contribution in [0.15, 0.2) is 54.6 Å². The molecule has 0 aliphatic carbocycles. The Balaban J connectivity index is 1.16. The van der Waals surface area contributed by atoms with Crippen molar-refractivity contribution in [2.24, 2.45) is 0 Å². The molecule has 2 aromatic carbocycles. The molecule has 11 nitrogen and oxygen atoms in total. The van der Waals surface area contributed by atoms with Crippen LogP contribution in [0.25, 0.3) is 10.9 Å². The first kappa shape index (κ1) is 27.6. The highest BCUT2D eigenvalue weighted by Gasteiger charge is 2.20. The monoisotopic (exact) mass is 536 g/mol. The number of ether oxygens (including phenoxy) is 3. The number of hydrogen-bond acceptors (Lipinski definition) is 9. The van der Waals surface area contributed by atoms with Gasteiger partial charge < -0.3 is 24.2 Å². The number of carboxylic acid groups (broad SMARTS) is 1. The highest BCUT2D eigenvalue weighted by Crippen LogP contribution is 2.29. The number of carbonyl (C=O) groups excluding carboxylic acids is 2. The maximum Gasteiger partial charge on any atom is 0.338 e. The lowest BCUT2D eigenvalue weighted by Crippen LogP contribution is -2.46. The maximum absolute atomic E-state index is 11.9. The Morgan fingerprint density at radius 3 is 2.59 bits per heavy atom. The molecule has 1 aliphatic rings. The van der Waals surface area contributed by atoms with Crippen molar-refractivity contribution in [3.63, 3.8) is 0 Å². The molecule has 39 heavy (non-hydrogen) atoms. The average molecular weight is 537 g/mol. The van der Waals surface area contributed by atoms with Crippen molar-refractivity contribution >= 4 is 34.6 Å². The lowest BCUT2D eigenvalue weighted by atomic mass is 10.1. The Hall–Kier alpha value is -4.38. The minimum absolute atomic E-state index is 0.174. The predicted molar refractivity (Wildman–Crippen MR) is 144 cm³/mol. The first-order valence-corrected chi connectivity index (χ1v) is 12.8. The second-order valence-electron chi connectivity index (χ2n) is 9.10. The molecule has 0 amide bonds. The van der Waals surface area contributed by atoms with E-state index in [1.807, 2.05) is 18.2 Å². The van der Waals surface area contributed by atoms with Gasteiger partial charge in [0.1, 0.15) is 0 Å². The molecule has 1 aliphatic heterocycles. The summed E-state index contributed by atoms with van der Waals surface area (Å²) in [5.74, 6) is -1.09. The van der Waals surface area contributed by atoms with Crippen LogP contribution in [0.4, 0.5) is 5.82 Å². The Labute approximate surface area is 225 Å². The van der Waals surface area contributed by atoms with Crippen molar-refractivity contribution in [2.45, 2.75) is 19.3 Å². The SMILES string of the molecule is COc1cc(CC(=O)OC(=O)/C=C/C(=O)O)ccc1OCCCCN1CCN(c2n[nH]c3ccccc23)CC1. The number of para-hydroxylation sites is 1. The number of benzene rings is 2. The van der Waals surface area contributed by atoms with Gasteiger partial charge >= 0.3 is 17.9 Å². The summed E-state index contributed by atoms with van der Waals surface area (Å²) in [6.45, 7) is 5.38. The Bertz CT molecular complexity index is 1330. The summed E-state index contributed by atoms with van der Waals surface area (Å²) >= 11 is 0. The minimum Gasteiger partial charge on any atom is -0.493 e. The number of esters is 2. The van der Waals surface area contributed by atoms with Crippen molar-refractivity contribution in [1.82, 2.24) is 15.1 Å². The van der Waals surface area contributed by atoms with Gasteiger partial charge in [0.15, 0.2) is 17.3 Å². The Morgan fingerprint density at radius 1 is 1.03 bits per heavy atom. The molecule has 0 spiro atoms. The van der Waals surface area contributed by atoms with Crippen LogP contribution in [0.3, 0.4) is 0 Å². The summed E-state index contributed by atoms with van der Waals surface area (Å²) in [5, 5.41) is 17.3. The molecule has 0 radical (unpaired) electrons. The zero-order valence-corrected chi connectivity index (χ0v) is 21.8. The molecule has 2 heterocycles. The molecule has 11 heteroatoms. The molecular weight excluding hydrogens is 504 g/mol. The number of rotatable bonds is 12. The highest BCUT2D eigenvalue weighted by atomic mass is 16.6. The van der Waals surface area contributed by atoms with Crippen molar-refractivity contribution in [3.05, 3.63) is 60.2 Å². The van der Waals surface area contributed by atoms with E-state index in [4.69, 9.17) is 14.6 Å². The summed E-state index contributed by atoms with van der Waals surface area (Å²) in [6.07, 6.45) is 3.00. The van der Waals surface area contributed by atoms with Gasteiger partial charge in [0, 0.05) is 43.7 Å². The topological polar surface area (TPSA) is 134 Å². The minimum atomic E-state index is -1.31. The van der Waals surface area contributed by atoms with E-state index in [1.165, 1.54) is 7.11 Å².